The quantitative estimate of drug-likeness (QED) is 0.241. The molecule has 1 saturated heterocycles. The van der Waals surface area contributed by atoms with Gasteiger partial charge in [-0.25, -0.2) is 4.79 Å². The summed E-state index contributed by atoms with van der Waals surface area (Å²) >= 11 is 6.49. The maximum Gasteiger partial charge on any atom is 0.332 e. The molecule has 0 aliphatic carbocycles. The van der Waals surface area contributed by atoms with Crippen LogP contribution in [0.5, 0.6) is 0 Å². The van der Waals surface area contributed by atoms with Gasteiger partial charge in [0, 0.05) is 40.8 Å². The molecule has 214 valence electrons. The average Bonchev–Trinajstić information content (AvgIpc) is 3.16. The lowest BCUT2D eigenvalue weighted by atomic mass is 9.97. The number of imidazole rings is 1. The number of hydrogen-bond acceptors (Lipinski definition) is 12. The number of halogens is 1. The van der Waals surface area contributed by atoms with Crippen LogP contribution in [0.25, 0.3) is 11.2 Å². The molecule has 3 rings (SSSR count). The van der Waals surface area contributed by atoms with E-state index in [-0.39, 0.29) is 29.5 Å². The highest BCUT2D eigenvalue weighted by Crippen LogP contribution is 2.37. The van der Waals surface area contributed by atoms with Gasteiger partial charge in [-0.15, -0.1) is 0 Å². The second-order valence-electron chi connectivity index (χ2n) is 8.59. The molecular weight excluding hydrogens is 544 g/mol. The lowest BCUT2D eigenvalue weighted by Crippen LogP contribution is -2.60. The molecule has 0 amide bonds. The summed E-state index contributed by atoms with van der Waals surface area (Å²) in [7, 11) is 0. The Kier molecular flexibility index (Phi) is 9.17. The largest absolute Gasteiger partial charge is 0.463 e. The van der Waals surface area contributed by atoms with E-state index in [0.717, 1.165) is 36.8 Å². The first-order valence-corrected chi connectivity index (χ1v) is 12.4. The van der Waals surface area contributed by atoms with Gasteiger partial charge < -0.3 is 23.7 Å². The minimum atomic E-state index is -1.53. The molecule has 0 aromatic carbocycles. The summed E-state index contributed by atoms with van der Waals surface area (Å²) in [6.07, 6.45) is -7.22. The van der Waals surface area contributed by atoms with Crippen molar-refractivity contribution in [2.75, 3.05) is 6.61 Å². The van der Waals surface area contributed by atoms with Crippen LogP contribution in [0.15, 0.2) is 9.59 Å². The minimum Gasteiger partial charge on any atom is -0.463 e. The Labute approximate surface area is 226 Å². The van der Waals surface area contributed by atoms with Crippen molar-refractivity contribution < 1.29 is 42.9 Å². The van der Waals surface area contributed by atoms with Gasteiger partial charge in [-0.1, -0.05) is 0 Å². The van der Waals surface area contributed by atoms with E-state index in [1.54, 1.807) is 13.8 Å². The number of ether oxygens (including phenoxy) is 5. The van der Waals surface area contributed by atoms with Gasteiger partial charge in [-0.2, -0.15) is 4.98 Å². The third-order valence-electron chi connectivity index (χ3n) is 5.87. The van der Waals surface area contributed by atoms with Crippen molar-refractivity contribution in [2.45, 2.75) is 85.3 Å². The molecule has 3 heterocycles. The smallest absolute Gasteiger partial charge is 0.332 e. The van der Waals surface area contributed by atoms with Crippen molar-refractivity contribution in [3.8, 4) is 0 Å². The highest BCUT2D eigenvalue weighted by molar-refractivity contribution is 6.29. The van der Waals surface area contributed by atoms with Gasteiger partial charge in [0.25, 0.3) is 5.56 Å². The summed E-state index contributed by atoms with van der Waals surface area (Å²) in [4.78, 5) is 78.4. The molecule has 0 spiro atoms. The van der Waals surface area contributed by atoms with Crippen molar-refractivity contribution in [1.29, 1.82) is 0 Å². The van der Waals surface area contributed by atoms with Crippen LogP contribution in [0.3, 0.4) is 0 Å². The maximum atomic E-state index is 13.5. The highest BCUT2D eigenvalue weighted by atomic mass is 35.5. The van der Waals surface area contributed by atoms with E-state index >= 15 is 0 Å². The predicted octanol–water partition coefficient (Wildman–Crippen LogP) is 0.309. The van der Waals surface area contributed by atoms with Crippen molar-refractivity contribution in [2.24, 2.45) is 0 Å². The van der Waals surface area contributed by atoms with Gasteiger partial charge in [0.05, 0.1) is 0 Å². The molecule has 2 aromatic rings. The van der Waals surface area contributed by atoms with E-state index < -0.39 is 72.4 Å². The number of hydrogen-bond donors (Lipinski definition) is 0. The lowest BCUT2D eigenvalue weighted by molar-refractivity contribution is -0.267. The first-order valence-electron chi connectivity index (χ1n) is 12.0. The molecule has 39 heavy (non-hydrogen) atoms. The Morgan fingerprint density at radius 2 is 1.38 bits per heavy atom. The van der Waals surface area contributed by atoms with E-state index in [4.69, 9.17) is 35.3 Å². The van der Waals surface area contributed by atoms with Gasteiger partial charge in [0.2, 0.25) is 5.28 Å². The van der Waals surface area contributed by atoms with Crippen LogP contribution in [-0.2, 0) is 56.0 Å². The van der Waals surface area contributed by atoms with Crippen LogP contribution < -0.4 is 11.2 Å². The summed E-state index contributed by atoms with van der Waals surface area (Å²) in [5.41, 5.74) is -1.59. The monoisotopic (exact) mass is 572 g/mol. The molecule has 0 saturated carbocycles. The summed E-state index contributed by atoms with van der Waals surface area (Å²) < 4.78 is 30.8. The van der Waals surface area contributed by atoms with Crippen LogP contribution in [0.1, 0.15) is 47.8 Å². The lowest BCUT2D eigenvalue weighted by Gasteiger charge is -2.44. The van der Waals surface area contributed by atoms with Gasteiger partial charge in [0.15, 0.2) is 35.7 Å². The van der Waals surface area contributed by atoms with Gasteiger partial charge in [-0.05, 0) is 25.4 Å². The molecular formula is C23H29ClN4O11. The standard InChI is InChI=1S/C23H29ClN4O11/c1-7-26-19-15(20(33)27(8-2)23(26)34)28(22(24)25-19)21-18(38-13(6)32)17(37-12(5)31)16(36-11(4)30)14(39-21)9-35-10(3)29/h14,16-18,21H,7-9H2,1-6H3/t14-,16+,17+,18+,21+/m0/s1. The SMILES string of the molecule is CCn1c(=O)c2c(nc(Cl)n2[C@@H]2O[C@@H](COC(C)=O)[C@@H](OC(C)=O)[C@@H](OC(C)=O)[C@H]2OC(C)=O)n(CC)c1=O. The Bertz CT molecular complexity index is 1410. The van der Waals surface area contributed by atoms with Gasteiger partial charge >= 0.3 is 29.6 Å². The molecule has 16 heteroatoms. The first-order chi connectivity index (χ1) is 18.3. The number of aromatic nitrogens is 4. The van der Waals surface area contributed by atoms with Crippen LogP contribution in [-0.4, -0.2) is 73.6 Å². The molecule has 0 unspecified atom stereocenters. The third kappa shape index (κ3) is 5.98. The summed E-state index contributed by atoms with van der Waals surface area (Å²) in [5, 5.41) is -0.321. The summed E-state index contributed by atoms with van der Waals surface area (Å²) in [6.45, 7) is 7.37. The molecule has 0 N–H and O–H groups in total. The summed E-state index contributed by atoms with van der Waals surface area (Å²) in [6, 6.07) is 0. The van der Waals surface area contributed by atoms with Gasteiger partial charge in [0.1, 0.15) is 12.7 Å². The Morgan fingerprint density at radius 1 is 0.846 bits per heavy atom. The Morgan fingerprint density at radius 3 is 1.90 bits per heavy atom. The molecule has 0 radical (unpaired) electrons. The summed E-state index contributed by atoms with van der Waals surface area (Å²) in [5.74, 6) is -3.14. The van der Waals surface area contributed by atoms with Crippen LogP contribution in [0.2, 0.25) is 5.28 Å². The zero-order chi connectivity index (χ0) is 29.2. The van der Waals surface area contributed by atoms with E-state index in [1.165, 1.54) is 4.57 Å². The highest BCUT2D eigenvalue weighted by Gasteiger charge is 2.53. The zero-order valence-corrected chi connectivity index (χ0v) is 22.9. The fraction of sp³-hybridized carbons (Fsp3) is 0.609. The molecule has 0 bridgehead atoms. The van der Waals surface area contributed by atoms with Crippen LogP contribution >= 0.6 is 11.6 Å². The maximum absolute atomic E-state index is 13.5. The third-order valence-corrected chi connectivity index (χ3v) is 6.13. The average molecular weight is 573 g/mol. The van der Waals surface area contributed by atoms with E-state index in [2.05, 4.69) is 4.98 Å². The predicted molar refractivity (Wildman–Crippen MR) is 132 cm³/mol. The molecule has 5 atom stereocenters. The van der Waals surface area contributed by atoms with E-state index in [9.17, 15) is 28.8 Å². The fourth-order valence-corrected chi connectivity index (χ4v) is 4.70. The normalized spacial score (nSPS) is 22.8. The van der Waals surface area contributed by atoms with E-state index in [1.807, 2.05) is 0 Å². The Balaban J connectivity index is 2.35. The van der Waals surface area contributed by atoms with E-state index in [0.29, 0.717) is 0 Å². The number of carbonyl (C=O) groups excluding carboxylic acids is 4. The molecule has 1 fully saturated rings. The molecule has 1 aliphatic rings. The number of fused-ring (bicyclic) bond motifs is 1. The van der Waals surface area contributed by atoms with Crippen molar-refractivity contribution in [1.82, 2.24) is 18.7 Å². The number of rotatable bonds is 8. The number of aryl methyl sites for hydroxylation is 1. The van der Waals surface area contributed by atoms with Crippen LogP contribution in [0, 0.1) is 0 Å². The molecule has 1 aliphatic heterocycles. The number of esters is 4. The topological polar surface area (TPSA) is 176 Å². The second-order valence-corrected chi connectivity index (χ2v) is 8.93. The zero-order valence-electron chi connectivity index (χ0n) is 22.2. The number of carbonyl (C=O) groups is 4. The fourth-order valence-electron chi connectivity index (χ4n) is 4.44. The van der Waals surface area contributed by atoms with Crippen molar-refractivity contribution >= 4 is 46.6 Å². The second kappa shape index (κ2) is 12.0. The molecule has 15 nitrogen and oxygen atoms in total. The minimum absolute atomic E-state index is 0.0228. The van der Waals surface area contributed by atoms with Crippen LogP contribution in [0.4, 0.5) is 0 Å². The Hall–Kier alpha value is -3.72. The number of nitrogens with zero attached hydrogens (tertiary/aromatic N) is 4. The van der Waals surface area contributed by atoms with Crippen molar-refractivity contribution in [3.63, 3.8) is 0 Å². The van der Waals surface area contributed by atoms with Gasteiger partial charge in [-0.3, -0.25) is 37.7 Å². The molecule has 2 aromatic heterocycles. The first kappa shape index (κ1) is 29.8. The van der Waals surface area contributed by atoms with Crippen molar-refractivity contribution in [3.05, 3.63) is 26.1 Å².